The summed E-state index contributed by atoms with van der Waals surface area (Å²) in [7, 11) is 0. The number of hydrogen-bond acceptors (Lipinski definition) is 13. The minimum absolute atomic E-state index is 0.183. The largest absolute Gasteiger partial charge is 0.436 e. The molecule has 0 unspecified atom stereocenters. The van der Waals surface area contributed by atoms with Crippen LogP contribution >= 0.6 is 0 Å². The second-order valence-corrected chi connectivity index (χ2v) is 16.2. The quantitative estimate of drug-likeness (QED) is 0.105. The van der Waals surface area contributed by atoms with E-state index in [0.29, 0.717) is 83.6 Å². The number of aromatic nitrogens is 8. The van der Waals surface area contributed by atoms with Crippen molar-refractivity contribution >= 4 is 39.5 Å². The van der Waals surface area contributed by atoms with Crippen molar-refractivity contribution in [3.8, 4) is 23.3 Å². The maximum Gasteiger partial charge on any atom is 0.329 e. The highest BCUT2D eigenvalue weighted by Crippen LogP contribution is 2.37. The van der Waals surface area contributed by atoms with Gasteiger partial charge in [-0.3, -0.25) is 4.79 Å². The number of imidazole rings is 2. The van der Waals surface area contributed by atoms with Crippen molar-refractivity contribution in [1.82, 2.24) is 39.9 Å². The number of rotatable bonds is 11. The summed E-state index contributed by atoms with van der Waals surface area (Å²) in [6.45, 7) is 7.83. The van der Waals surface area contributed by atoms with Crippen LogP contribution in [0.15, 0.2) is 122 Å². The average Bonchev–Trinajstić information content (AvgIpc) is 3.99. The number of nitrogens with zero attached hydrogens (tertiary/aromatic N) is 8. The molecule has 332 valence electrons. The zero-order valence-electron chi connectivity index (χ0n) is 35.7. The van der Waals surface area contributed by atoms with Crippen LogP contribution in [0.25, 0.3) is 22.1 Å². The third-order valence-corrected chi connectivity index (χ3v) is 11.5. The lowest BCUT2D eigenvalue weighted by molar-refractivity contribution is 0.00642. The summed E-state index contributed by atoms with van der Waals surface area (Å²) < 4.78 is 47.3. The van der Waals surface area contributed by atoms with Gasteiger partial charge in [-0.2, -0.15) is 8.78 Å². The number of aliphatic hydroxyl groups is 1. The third kappa shape index (κ3) is 9.61. The van der Waals surface area contributed by atoms with Crippen LogP contribution < -0.4 is 19.3 Å². The molecule has 0 atom stereocenters. The van der Waals surface area contributed by atoms with Crippen molar-refractivity contribution in [3.05, 3.63) is 145 Å². The highest BCUT2D eigenvalue weighted by Gasteiger charge is 2.38. The van der Waals surface area contributed by atoms with Gasteiger partial charge in [-0.25, -0.2) is 29.9 Å². The minimum atomic E-state index is -3.27. The summed E-state index contributed by atoms with van der Waals surface area (Å²) >= 11 is 0. The summed E-state index contributed by atoms with van der Waals surface area (Å²) in [5, 5.41) is 10.3. The number of piperidine rings is 1. The van der Waals surface area contributed by atoms with Gasteiger partial charge < -0.3 is 39.1 Å². The molecule has 2 fully saturated rings. The van der Waals surface area contributed by atoms with E-state index < -0.39 is 17.3 Å². The van der Waals surface area contributed by atoms with Gasteiger partial charge >= 0.3 is 5.92 Å². The van der Waals surface area contributed by atoms with E-state index in [1.54, 1.807) is 67.1 Å². The molecule has 2 aliphatic rings. The summed E-state index contributed by atoms with van der Waals surface area (Å²) in [4.78, 5) is 48.8. The molecule has 2 saturated heterocycles. The van der Waals surface area contributed by atoms with Gasteiger partial charge in [0, 0.05) is 62.1 Å². The third-order valence-electron chi connectivity index (χ3n) is 11.5. The van der Waals surface area contributed by atoms with Crippen LogP contribution in [0, 0.1) is 5.92 Å². The fraction of sp³-hybridized carbons (Fsp3) is 0.271. The number of nitrogens with one attached hydrogen (secondary N) is 2. The van der Waals surface area contributed by atoms with Gasteiger partial charge in [0.15, 0.2) is 23.3 Å². The summed E-state index contributed by atoms with van der Waals surface area (Å²) in [5.74, 6) is -0.328. The number of H-pyrrole nitrogens is 2. The van der Waals surface area contributed by atoms with Crippen molar-refractivity contribution in [2.75, 3.05) is 49.2 Å². The predicted octanol–water partition coefficient (Wildman–Crippen LogP) is 8.49. The Morgan fingerprint density at radius 1 is 0.677 bits per heavy atom. The van der Waals surface area contributed by atoms with Crippen LogP contribution in [0.2, 0.25) is 0 Å². The molecule has 6 heterocycles. The first-order chi connectivity index (χ1) is 31.5. The van der Waals surface area contributed by atoms with Crippen LogP contribution in [0.1, 0.15) is 54.3 Å². The topological polar surface area (TPSA) is 180 Å². The zero-order valence-corrected chi connectivity index (χ0v) is 35.7. The summed E-state index contributed by atoms with van der Waals surface area (Å²) in [5.41, 5.74) is 2.28. The first kappa shape index (κ1) is 42.9. The molecule has 65 heavy (non-hydrogen) atoms. The number of morpholine rings is 1. The van der Waals surface area contributed by atoms with E-state index in [1.165, 1.54) is 30.5 Å². The van der Waals surface area contributed by atoms with Gasteiger partial charge in [-0.15, -0.1) is 0 Å². The maximum absolute atomic E-state index is 15.0. The highest BCUT2D eigenvalue weighted by atomic mass is 19.3. The number of ether oxygens (including phenoxy) is 3. The molecule has 0 amide bonds. The van der Waals surface area contributed by atoms with E-state index in [2.05, 4.69) is 44.8 Å². The van der Waals surface area contributed by atoms with E-state index >= 15 is 8.78 Å². The number of hydrogen-bond donors (Lipinski definition) is 3. The summed E-state index contributed by atoms with van der Waals surface area (Å²) in [6.07, 6.45) is 8.12. The highest BCUT2D eigenvalue weighted by molar-refractivity contribution is 6.08. The lowest BCUT2D eigenvalue weighted by atomic mass is 9.83. The molecule has 4 aromatic heterocycles. The Morgan fingerprint density at radius 2 is 1.18 bits per heavy atom. The molecule has 0 aliphatic carbocycles. The second kappa shape index (κ2) is 18.4. The molecule has 2 aliphatic heterocycles. The molecular formula is C48H46F2N10O5. The van der Waals surface area contributed by atoms with Gasteiger partial charge in [-0.05, 0) is 105 Å². The van der Waals surface area contributed by atoms with E-state index in [-0.39, 0.29) is 17.3 Å². The molecule has 0 radical (unpaired) electrons. The van der Waals surface area contributed by atoms with Crippen LogP contribution in [0.3, 0.4) is 0 Å². The standard InChI is InChI=1S/C26H27N5O3.C22H19F2N5O2/c1-26(2,33)18-11-15-31(16-12-18)24-25(28-14-13-27-24)34-19-9-7-17(8-10-19)22(32)23-29-20-5-3-4-6-21(20)30-23;23-22(24,21-27-17-3-1-2-4-18(17)28-21)15-5-7-16(8-6-15)31-20-19(25-9-10-26-20)29-11-13-30-14-12-29/h3-10,13-14,18,33H,11-12,15-16H2,1-2H3,(H,29,30);1-10H,11-14H2,(H,27,28). The molecule has 0 spiro atoms. The molecule has 15 nitrogen and oxygen atoms in total. The molecule has 0 bridgehead atoms. The molecule has 4 aromatic carbocycles. The van der Waals surface area contributed by atoms with Crippen LogP contribution in [-0.2, 0) is 10.7 Å². The Bertz CT molecular complexity index is 2820. The minimum Gasteiger partial charge on any atom is -0.436 e. The molecule has 10 rings (SSSR count). The Kier molecular flexibility index (Phi) is 12.1. The number of aromatic amines is 2. The number of para-hydroxylation sites is 4. The predicted molar refractivity (Wildman–Crippen MR) is 240 cm³/mol. The van der Waals surface area contributed by atoms with E-state index in [0.717, 1.165) is 37.0 Å². The van der Waals surface area contributed by atoms with E-state index in [9.17, 15) is 9.90 Å². The Morgan fingerprint density at radius 3 is 1.74 bits per heavy atom. The number of carbonyl (C=O) groups is 1. The fourth-order valence-electron chi connectivity index (χ4n) is 7.85. The van der Waals surface area contributed by atoms with Gasteiger partial charge in [-0.1, -0.05) is 24.3 Å². The number of alkyl halides is 2. The van der Waals surface area contributed by atoms with Gasteiger partial charge in [0.1, 0.15) is 11.5 Å². The first-order valence-electron chi connectivity index (χ1n) is 21.3. The molecule has 0 saturated carbocycles. The molecule has 17 heteroatoms. The molecular weight excluding hydrogens is 835 g/mol. The van der Waals surface area contributed by atoms with Gasteiger partial charge in [0.2, 0.25) is 5.78 Å². The lowest BCUT2D eigenvalue weighted by Gasteiger charge is -2.38. The Balaban J connectivity index is 0.000000165. The number of fused-ring (bicyclic) bond motifs is 2. The van der Waals surface area contributed by atoms with Crippen LogP contribution in [0.5, 0.6) is 23.3 Å². The van der Waals surface area contributed by atoms with Crippen LogP contribution in [0.4, 0.5) is 20.4 Å². The normalized spacial score (nSPS) is 14.8. The van der Waals surface area contributed by atoms with Crippen molar-refractivity contribution < 1.29 is 32.9 Å². The van der Waals surface area contributed by atoms with Gasteiger partial charge in [0.05, 0.1) is 40.9 Å². The van der Waals surface area contributed by atoms with Crippen molar-refractivity contribution in [1.29, 1.82) is 0 Å². The fourth-order valence-corrected chi connectivity index (χ4v) is 7.85. The molecule has 3 N–H and O–H groups in total. The Labute approximate surface area is 372 Å². The smallest absolute Gasteiger partial charge is 0.329 e. The van der Waals surface area contributed by atoms with Crippen LogP contribution in [-0.4, -0.2) is 95.8 Å². The molecule has 8 aromatic rings. The van der Waals surface area contributed by atoms with E-state index in [1.807, 2.05) is 43.0 Å². The zero-order chi connectivity index (χ0) is 45.0. The lowest BCUT2D eigenvalue weighted by Crippen LogP contribution is -2.42. The van der Waals surface area contributed by atoms with Crippen molar-refractivity contribution in [2.45, 2.75) is 38.2 Å². The Hall–Kier alpha value is -7.37. The van der Waals surface area contributed by atoms with Gasteiger partial charge in [0.25, 0.3) is 11.8 Å². The maximum atomic E-state index is 15.0. The number of benzene rings is 4. The number of ketones is 1. The summed E-state index contributed by atoms with van der Waals surface area (Å²) in [6, 6.07) is 27.0. The second-order valence-electron chi connectivity index (χ2n) is 16.2. The van der Waals surface area contributed by atoms with Crippen molar-refractivity contribution in [3.63, 3.8) is 0 Å². The number of halogens is 2. The number of carbonyl (C=O) groups excluding carboxylic acids is 1. The van der Waals surface area contributed by atoms with E-state index in [4.69, 9.17) is 14.2 Å². The first-order valence-corrected chi connectivity index (χ1v) is 21.3. The SMILES string of the molecule is CC(C)(O)C1CCN(c2nccnc2Oc2ccc(C(=O)c3nc4ccccc4[nH]3)cc2)CC1.FC(F)(c1ccc(Oc2nccnc2N2CCOCC2)cc1)c1nc2ccccc2[nH]1. The monoisotopic (exact) mass is 880 g/mol. The van der Waals surface area contributed by atoms with Crippen molar-refractivity contribution in [2.24, 2.45) is 5.92 Å². The average molecular weight is 881 g/mol. The number of anilines is 2.